The van der Waals surface area contributed by atoms with Crippen LogP contribution in [-0.4, -0.2) is 27.9 Å². The molecule has 0 radical (unpaired) electrons. The lowest BCUT2D eigenvalue weighted by molar-refractivity contribution is 0.465. The third-order valence-electron chi connectivity index (χ3n) is 2.21. The zero-order chi connectivity index (χ0) is 12.8. The van der Waals surface area contributed by atoms with Gasteiger partial charge < -0.3 is 10.4 Å². The van der Waals surface area contributed by atoms with E-state index in [2.05, 4.69) is 5.32 Å². The van der Waals surface area contributed by atoms with Gasteiger partial charge in [-0.25, -0.2) is 0 Å². The summed E-state index contributed by atoms with van der Waals surface area (Å²) in [5, 5.41) is 13.6. The number of phenolic OH excluding ortho intramolecular Hbond substituents is 1. The van der Waals surface area contributed by atoms with Gasteiger partial charge in [0.05, 0.1) is 5.02 Å². The number of hydrogen-bond acceptors (Lipinski definition) is 3. The van der Waals surface area contributed by atoms with Crippen molar-refractivity contribution < 1.29 is 9.32 Å². The number of aromatic hydroxyl groups is 1. The van der Waals surface area contributed by atoms with Gasteiger partial charge in [0.15, 0.2) is 0 Å². The fourth-order valence-corrected chi connectivity index (χ4v) is 2.46. The summed E-state index contributed by atoms with van der Waals surface area (Å²) in [5.74, 6) is 0.734. The SMILES string of the molecule is CS(=O)CCCNCc1cc(Cl)cc(Cl)c1O. The second kappa shape index (κ2) is 7.21. The van der Waals surface area contributed by atoms with E-state index < -0.39 is 10.8 Å². The van der Waals surface area contributed by atoms with Crippen LogP contribution in [0.2, 0.25) is 10.0 Å². The fraction of sp³-hybridized carbons (Fsp3) is 0.455. The van der Waals surface area contributed by atoms with Crippen LogP contribution in [0.25, 0.3) is 0 Å². The summed E-state index contributed by atoms with van der Waals surface area (Å²) in [6.07, 6.45) is 2.51. The van der Waals surface area contributed by atoms with Gasteiger partial charge in [-0.15, -0.1) is 0 Å². The lowest BCUT2D eigenvalue weighted by Gasteiger charge is -2.08. The molecule has 0 bridgehead atoms. The molecule has 1 unspecified atom stereocenters. The molecule has 1 aromatic carbocycles. The Morgan fingerprint density at radius 2 is 2.12 bits per heavy atom. The second-order valence-electron chi connectivity index (χ2n) is 3.70. The van der Waals surface area contributed by atoms with Gasteiger partial charge >= 0.3 is 0 Å². The van der Waals surface area contributed by atoms with Crippen LogP contribution in [0.5, 0.6) is 5.75 Å². The molecule has 0 saturated heterocycles. The van der Waals surface area contributed by atoms with Crippen molar-refractivity contribution in [2.24, 2.45) is 0 Å². The molecule has 0 aliphatic rings. The molecule has 17 heavy (non-hydrogen) atoms. The standard InChI is InChI=1S/C11H15Cl2NO2S/c1-17(16)4-2-3-14-7-8-5-9(12)6-10(13)11(8)15/h5-6,14-15H,2-4,7H2,1H3. The normalized spacial score (nSPS) is 12.6. The Labute approximate surface area is 114 Å². The van der Waals surface area contributed by atoms with Crippen LogP contribution in [0.3, 0.4) is 0 Å². The number of rotatable bonds is 6. The minimum absolute atomic E-state index is 0.0580. The highest BCUT2D eigenvalue weighted by atomic mass is 35.5. The predicted octanol–water partition coefficient (Wildman–Crippen LogP) is 2.56. The minimum atomic E-state index is -0.757. The van der Waals surface area contributed by atoms with Crippen LogP contribution in [-0.2, 0) is 17.3 Å². The monoisotopic (exact) mass is 295 g/mol. The van der Waals surface area contributed by atoms with Gasteiger partial charge in [-0.2, -0.15) is 0 Å². The molecule has 1 rings (SSSR count). The summed E-state index contributed by atoms with van der Waals surface area (Å²) >= 11 is 11.6. The van der Waals surface area contributed by atoms with Crippen LogP contribution in [0, 0.1) is 0 Å². The summed E-state index contributed by atoms with van der Waals surface area (Å²) in [6.45, 7) is 1.23. The molecule has 96 valence electrons. The van der Waals surface area contributed by atoms with E-state index in [0.717, 1.165) is 13.0 Å². The molecule has 0 spiro atoms. The minimum Gasteiger partial charge on any atom is -0.506 e. The first-order valence-corrected chi connectivity index (χ1v) is 7.66. The van der Waals surface area contributed by atoms with Crippen LogP contribution < -0.4 is 5.32 Å². The first-order chi connectivity index (χ1) is 8.00. The molecule has 3 nitrogen and oxygen atoms in total. The molecular weight excluding hydrogens is 281 g/mol. The molecule has 0 aromatic heterocycles. The van der Waals surface area contributed by atoms with E-state index in [-0.39, 0.29) is 10.8 Å². The first kappa shape index (κ1) is 14.8. The van der Waals surface area contributed by atoms with Gasteiger partial charge in [0, 0.05) is 39.9 Å². The Hall–Kier alpha value is -0.290. The number of benzene rings is 1. The highest BCUT2D eigenvalue weighted by Gasteiger charge is 2.07. The van der Waals surface area contributed by atoms with E-state index in [1.165, 1.54) is 6.07 Å². The summed E-state index contributed by atoms with van der Waals surface area (Å²) < 4.78 is 10.8. The number of nitrogens with one attached hydrogen (secondary N) is 1. The van der Waals surface area contributed by atoms with E-state index in [4.69, 9.17) is 23.2 Å². The number of phenols is 1. The van der Waals surface area contributed by atoms with Gasteiger partial charge in [0.1, 0.15) is 5.75 Å². The van der Waals surface area contributed by atoms with Crippen molar-refractivity contribution in [2.75, 3.05) is 18.6 Å². The third kappa shape index (κ3) is 5.25. The van der Waals surface area contributed by atoms with Crippen molar-refractivity contribution in [2.45, 2.75) is 13.0 Å². The van der Waals surface area contributed by atoms with Gasteiger partial charge in [-0.05, 0) is 25.1 Å². The zero-order valence-electron chi connectivity index (χ0n) is 9.50. The molecule has 0 aliphatic heterocycles. The van der Waals surface area contributed by atoms with Crippen LogP contribution in [0.1, 0.15) is 12.0 Å². The van der Waals surface area contributed by atoms with Gasteiger partial charge in [-0.3, -0.25) is 4.21 Å². The van der Waals surface area contributed by atoms with E-state index in [9.17, 15) is 9.32 Å². The molecule has 0 fully saturated rings. The maximum absolute atomic E-state index is 10.8. The predicted molar refractivity (Wildman–Crippen MR) is 73.4 cm³/mol. The van der Waals surface area contributed by atoms with Crippen molar-refractivity contribution >= 4 is 34.0 Å². The van der Waals surface area contributed by atoms with Crippen LogP contribution in [0.4, 0.5) is 0 Å². The van der Waals surface area contributed by atoms with Crippen molar-refractivity contribution in [3.63, 3.8) is 0 Å². The largest absolute Gasteiger partial charge is 0.506 e. The smallest absolute Gasteiger partial charge is 0.138 e. The number of halogens is 2. The lowest BCUT2D eigenvalue weighted by Crippen LogP contribution is -2.16. The Balaban J connectivity index is 2.44. The molecule has 0 heterocycles. The van der Waals surface area contributed by atoms with E-state index in [1.807, 2.05) is 0 Å². The quantitative estimate of drug-likeness (QED) is 0.793. The van der Waals surface area contributed by atoms with Gasteiger partial charge in [-0.1, -0.05) is 23.2 Å². The molecule has 0 amide bonds. The topological polar surface area (TPSA) is 49.3 Å². The number of hydrogen-bond donors (Lipinski definition) is 2. The summed E-state index contributed by atoms with van der Waals surface area (Å²) in [5.41, 5.74) is 0.667. The highest BCUT2D eigenvalue weighted by molar-refractivity contribution is 7.84. The van der Waals surface area contributed by atoms with Crippen LogP contribution in [0.15, 0.2) is 12.1 Å². The van der Waals surface area contributed by atoms with E-state index >= 15 is 0 Å². The molecule has 1 atom stereocenters. The Morgan fingerprint density at radius 1 is 1.41 bits per heavy atom. The Morgan fingerprint density at radius 3 is 2.76 bits per heavy atom. The second-order valence-corrected chi connectivity index (χ2v) is 6.10. The average Bonchev–Trinajstić information content (AvgIpc) is 2.23. The van der Waals surface area contributed by atoms with E-state index in [1.54, 1.807) is 12.3 Å². The molecule has 6 heteroatoms. The zero-order valence-corrected chi connectivity index (χ0v) is 11.8. The van der Waals surface area contributed by atoms with Crippen molar-refractivity contribution in [3.8, 4) is 5.75 Å². The summed E-state index contributed by atoms with van der Waals surface area (Å²) in [6, 6.07) is 3.18. The highest BCUT2D eigenvalue weighted by Crippen LogP contribution is 2.30. The Kier molecular flexibility index (Phi) is 6.27. The Bertz CT molecular complexity index is 413. The molecule has 0 saturated carbocycles. The molecule has 2 N–H and O–H groups in total. The fourth-order valence-electron chi connectivity index (χ4n) is 1.38. The third-order valence-corrected chi connectivity index (χ3v) is 3.58. The first-order valence-electron chi connectivity index (χ1n) is 5.18. The maximum atomic E-state index is 10.8. The summed E-state index contributed by atoms with van der Waals surface area (Å²) in [4.78, 5) is 0. The van der Waals surface area contributed by atoms with E-state index in [0.29, 0.717) is 22.9 Å². The molecule has 1 aromatic rings. The lowest BCUT2D eigenvalue weighted by atomic mass is 10.2. The van der Waals surface area contributed by atoms with Crippen molar-refractivity contribution in [1.82, 2.24) is 5.32 Å². The van der Waals surface area contributed by atoms with Gasteiger partial charge in [0.2, 0.25) is 0 Å². The average molecular weight is 296 g/mol. The van der Waals surface area contributed by atoms with Gasteiger partial charge in [0.25, 0.3) is 0 Å². The van der Waals surface area contributed by atoms with Crippen molar-refractivity contribution in [1.29, 1.82) is 0 Å². The van der Waals surface area contributed by atoms with Crippen molar-refractivity contribution in [3.05, 3.63) is 27.7 Å². The maximum Gasteiger partial charge on any atom is 0.138 e. The molecular formula is C11H15Cl2NO2S. The van der Waals surface area contributed by atoms with Crippen LogP contribution >= 0.6 is 23.2 Å². The summed E-state index contributed by atoms with van der Waals surface area (Å²) in [7, 11) is -0.757. The molecule has 0 aliphatic carbocycles.